The maximum absolute atomic E-state index is 11.7. The van der Waals surface area contributed by atoms with E-state index in [1.165, 1.54) is 51.4 Å². The van der Waals surface area contributed by atoms with Crippen LogP contribution >= 0.6 is 0 Å². The van der Waals surface area contributed by atoms with E-state index in [4.69, 9.17) is 10.2 Å². The molecule has 0 fully saturated rings. The molecule has 0 bridgehead atoms. The fourth-order valence-electron chi connectivity index (χ4n) is 2.74. The number of aliphatic carboxylic acids is 2. The van der Waals surface area contributed by atoms with Crippen molar-refractivity contribution in [3.63, 3.8) is 0 Å². The molecular weight excluding hydrogens is 368 g/mol. The van der Waals surface area contributed by atoms with Gasteiger partial charge in [-0.3, -0.25) is 9.59 Å². The van der Waals surface area contributed by atoms with Crippen molar-refractivity contribution in [1.82, 2.24) is 5.32 Å². The Morgan fingerprint density at radius 3 is 1.59 bits per heavy atom. The molecule has 0 aromatic heterocycles. The van der Waals surface area contributed by atoms with Gasteiger partial charge in [0.1, 0.15) is 6.04 Å². The molecule has 0 aromatic rings. The molecule has 0 radical (unpaired) electrons. The van der Waals surface area contributed by atoms with E-state index < -0.39 is 18.0 Å². The molecule has 27 heavy (non-hydrogen) atoms. The van der Waals surface area contributed by atoms with Crippen LogP contribution in [-0.2, 0) is 14.4 Å². The van der Waals surface area contributed by atoms with Gasteiger partial charge in [0, 0.05) is 12.8 Å². The number of amides is 1. The zero-order chi connectivity index (χ0) is 18.9. The predicted octanol–water partition coefficient (Wildman–Crippen LogP) is 2.82. The molecule has 0 rings (SSSR count). The van der Waals surface area contributed by atoms with Crippen molar-refractivity contribution in [2.24, 2.45) is 0 Å². The Labute approximate surface area is 208 Å². The molecule has 0 aliphatic heterocycles. The van der Waals surface area contributed by atoms with Crippen LogP contribution in [0.5, 0.6) is 0 Å². The third-order valence-electron chi connectivity index (χ3n) is 4.29. The summed E-state index contributed by atoms with van der Waals surface area (Å²) >= 11 is 0. The van der Waals surface area contributed by atoms with Crippen LogP contribution in [0.3, 0.4) is 0 Å². The van der Waals surface area contributed by atoms with Crippen molar-refractivity contribution in [2.45, 2.75) is 103 Å². The van der Waals surface area contributed by atoms with E-state index in [1.807, 2.05) is 0 Å². The van der Waals surface area contributed by atoms with Gasteiger partial charge in [-0.25, -0.2) is 4.79 Å². The van der Waals surface area contributed by atoms with Crippen molar-refractivity contribution in [3.8, 4) is 0 Å². The molecule has 0 heterocycles. The van der Waals surface area contributed by atoms with Crippen molar-refractivity contribution in [3.05, 3.63) is 0 Å². The molecule has 0 aliphatic carbocycles. The SMILES string of the molecule is CCCCCCCCCCCCCC(=O)NC(CCC(=O)O)C(=O)O.[NaH].[NaH]. The molecule has 0 saturated carbocycles. The number of nitrogens with one attached hydrogen (secondary N) is 1. The molecule has 8 heteroatoms. The first-order valence-corrected chi connectivity index (χ1v) is 9.71. The minimum absolute atomic E-state index is 0. The summed E-state index contributed by atoms with van der Waals surface area (Å²) in [7, 11) is 0. The quantitative estimate of drug-likeness (QED) is 0.255. The van der Waals surface area contributed by atoms with Gasteiger partial charge in [-0.05, 0) is 12.8 Å². The maximum atomic E-state index is 11.7. The average Bonchev–Trinajstić information content (AvgIpc) is 2.56. The number of carbonyl (C=O) groups is 3. The standard InChI is InChI=1S/C19H35NO5.2Na.2H/c1-2-3-4-5-6-7-8-9-10-11-12-13-17(21)20-16(19(24)25)14-15-18(22)23;;;;/h16H,2-15H2,1H3,(H,20,21)(H,22,23)(H,24,25);;;;. The van der Waals surface area contributed by atoms with Gasteiger partial charge in [-0.15, -0.1) is 0 Å². The fourth-order valence-corrected chi connectivity index (χ4v) is 2.74. The van der Waals surface area contributed by atoms with Crippen LogP contribution < -0.4 is 5.32 Å². The summed E-state index contributed by atoms with van der Waals surface area (Å²) in [5.74, 6) is -2.56. The van der Waals surface area contributed by atoms with Crippen molar-refractivity contribution in [2.75, 3.05) is 0 Å². The van der Waals surface area contributed by atoms with Gasteiger partial charge in [0.05, 0.1) is 0 Å². The van der Waals surface area contributed by atoms with Crippen LogP contribution in [0.25, 0.3) is 0 Å². The van der Waals surface area contributed by atoms with E-state index in [1.54, 1.807) is 0 Å². The zero-order valence-corrected chi connectivity index (χ0v) is 15.6. The second-order valence-corrected chi connectivity index (χ2v) is 6.68. The van der Waals surface area contributed by atoms with Crippen molar-refractivity contribution < 1.29 is 24.6 Å². The molecule has 150 valence electrons. The minimum atomic E-state index is -1.19. The molecule has 0 aromatic carbocycles. The van der Waals surface area contributed by atoms with Crippen molar-refractivity contribution in [1.29, 1.82) is 0 Å². The summed E-state index contributed by atoms with van der Waals surface area (Å²) in [6, 6.07) is -1.11. The van der Waals surface area contributed by atoms with E-state index in [2.05, 4.69) is 12.2 Å². The first-order valence-electron chi connectivity index (χ1n) is 9.71. The molecule has 1 atom stereocenters. The number of hydrogen-bond acceptors (Lipinski definition) is 3. The zero-order valence-electron chi connectivity index (χ0n) is 15.6. The summed E-state index contributed by atoms with van der Waals surface area (Å²) < 4.78 is 0. The third-order valence-corrected chi connectivity index (χ3v) is 4.29. The second kappa shape index (κ2) is 22.7. The summed E-state index contributed by atoms with van der Waals surface area (Å²) in [5, 5.41) is 20.0. The Morgan fingerprint density at radius 1 is 0.741 bits per heavy atom. The Balaban J connectivity index is -0.00000288. The first-order chi connectivity index (χ1) is 12.0. The predicted molar refractivity (Wildman–Crippen MR) is 112 cm³/mol. The molecule has 1 unspecified atom stereocenters. The summed E-state index contributed by atoms with van der Waals surface area (Å²) in [4.78, 5) is 33.2. The molecular formula is C19H37NNa2O5. The number of rotatable bonds is 17. The van der Waals surface area contributed by atoms with E-state index in [-0.39, 0.29) is 77.9 Å². The topological polar surface area (TPSA) is 104 Å². The van der Waals surface area contributed by atoms with Crippen LogP contribution in [-0.4, -0.2) is 93.2 Å². The van der Waals surface area contributed by atoms with Crippen LogP contribution in [0.1, 0.15) is 96.8 Å². The van der Waals surface area contributed by atoms with Crippen LogP contribution in [0.4, 0.5) is 0 Å². The normalized spacial score (nSPS) is 11.0. The number of hydrogen-bond donors (Lipinski definition) is 3. The van der Waals surface area contributed by atoms with Gasteiger partial charge >= 0.3 is 71.1 Å². The monoisotopic (exact) mass is 405 g/mol. The first kappa shape index (κ1) is 32.1. The van der Waals surface area contributed by atoms with E-state index in [0.717, 1.165) is 19.3 Å². The number of carbonyl (C=O) groups excluding carboxylic acids is 1. The summed E-state index contributed by atoms with van der Waals surface area (Å²) in [6.07, 6.45) is 13.1. The fraction of sp³-hybridized carbons (Fsp3) is 0.842. The van der Waals surface area contributed by atoms with Crippen LogP contribution in [0, 0.1) is 0 Å². The molecule has 0 aliphatic rings. The Kier molecular flexibility index (Phi) is 27.0. The molecule has 0 saturated heterocycles. The molecule has 3 N–H and O–H groups in total. The second-order valence-electron chi connectivity index (χ2n) is 6.68. The van der Waals surface area contributed by atoms with Gasteiger partial charge in [-0.2, -0.15) is 0 Å². The number of carboxylic acid groups (broad SMARTS) is 2. The van der Waals surface area contributed by atoms with Gasteiger partial charge in [0.2, 0.25) is 5.91 Å². The molecule has 0 spiro atoms. The summed E-state index contributed by atoms with van der Waals surface area (Å²) in [6.45, 7) is 2.22. The van der Waals surface area contributed by atoms with E-state index in [0.29, 0.717) is 6.42 Å². The third kappa shape index (κ3) is 22.6. The molecule has 6 nitrogen and oxygen atoms in total. The van der Waals surface area contributed by atoms with E-state index in [9.17, 15) is 14.4 Å². The van der Waals surface area contributed by atoms with Gasteiger partial charge in [0.25, 0.3) is 0 Å². The van der Waals surface area contributed by atoms with Gasteiger partial charge < -0.3 is 15.5 Å². The van der Waals surface area contributed by atoms with E-state index >= 15 is 0 Å². The van der Waals surface area contributed by atoms with Gasteiger partial charge in [0.15, 0.2) is 0 Å². The average molecular weight is 405 g/mol. The van der Waals surface area contributed by atoms with Gasteiger partial charge in [-0.1, -0.05) is 71.1 Å². The summed E-state index contributed by atoms with van der Waals surface area (Å²) in [5.41, 5.74) is 0. The van der Waals surface area contributed by atoms with Crippen LogP contribution in [0.2, 0.25) is 0 Å². The van der Waals surface area contributed by atoms with Crippen molar-refractivity contribution >= 4 is 77.0 Å². The van der Waals surface area contributed by atoms with Crippen LogP contribution in [0.15, 0.2) is 0 Å². The Hall–Kier alpha value is 0.410. The Bertz CT molecular complexity index is 394. The Morgan fingerprint density at radius 2 is 1.19 bits per heavy atom. The molecule has 1 amide bonds. The number of carboxylic acids is 2. The number of unbranched alkanes of at least 4 members (excludes halogenated alkanes) is 10.